The molecule has 2 unspecified atom stereocenters. The Balaban J connectivity index is 1.71. The topological polar surface area (TPSA) is 24.9 Å². The zero-order valence-corrected chi connectivity index (χ0v) is 9.58. The minimum Gasteiger partial charge on any atom is -0.312 e. The first kappa shape index (κ1) is 10.9. The molecule has 1 aromatic heterocycles. The Hall–Kier alpha value is -0.600. The van der Waals surface area contributed by atoms with E-state index in [-0.39, 0.29) is 0 Å². The molecule has 15 heavy (non-hydrogen) atoms. The van der Waals surface area contributed by atoms with Crippen molar-refractivity contribution in [3.8, 4) is 0 Å². The fourth-order valence-corrected chi connectivity index (χ4v) is 2.49. The molecule has 1 aromatic rings. The minimum absolute atomic E-state index is 0.384. The number of nitrogens with one attached hydrogen (secondary N) is 1. The van der Waals surface area contributed by atoms with Crippen LogP contribution in [0.2, 0.25) is 0 Å². The summed E-state index contributed by atoms with van der Waals surface area (Å²) in [5, 5.41) is 3.85. The van der Waals surface area contributed by atoms with E-state index in [1.807, 2.05) is 24.5 Å². The standard InChI is InChI=1S/C12H17ClN2/c13-12-3-1-2-11(12)9-15-8-10-4-6-14-7-5-10/h4-7,11-12,15H,1-3,8-9H2. The predicted octanol–water partition coefficient (Wildman–Crippen LogP) is 2.58. The maximum Gasteiger partial charge on any atom is 0.0376 e. The number of pyridine rings is 1. The van der Waals surface area contributed by atoms with Crippen molar-refractivity contribution in [1.82, 2.24) is 10.3 Å². The van der Waals surface area contributed by atoms with E-state index >= 15 is 0 Å². The van der Waals surface area contributed by atoms with Crippen molar-refractivity contribution in [2.45, 2.75) is 31.2 Å². The molecule has 1 aliphatic carbocycles. The SMILES string of the molecule is ClC1CCCC1CNCc1ccncc1. The third-order valence-corrected chi connectivity index (χ3v) is 3.63. The van der Waals surface area contributed by atoms with Crippen LogP contribution in [0.15, 0.2) is 24.5 Å². The van der Waals surface area contributed by atoms with Crippen LogP contribution in [0, 0.1) is 5.92 Å². The van der Waals surface area contributed by atoms with Crippen molar-refractivity contribution in [2.75, 3.05) is 6.54 Å². The molecule has 2 nitrogen and oxygen atoms in total. The summed E-state index contributed by atoms with van der Waals surface area (Å²) in [7, 11) is 0. The molecule has 1 aliphatic rings. The Morgan fingerprint density at radius 1 is 1.33 bits per heavy atom. The maximum absolute atomic E-state index is 6.21. The quantitative estimate of drug-likeness (QED) is 0.796. The zero-order valence-electron chi connectivity index (χ0n) is 8.82. The molecule has 1 fully saturated rings. The molecule has 0 bridgehead atoms. The summed E-state index contributed by atoms with van der Waals surface area (Å²) >= 11 is 6.21. The average Bonchev–Trinajstić information content (AvgIpc) is 2.66. The molecule has 0 aliphatic heterocycles. The highest BCUT2D eigenvalue weighted by atomic mass is 35.5. The summed E-state index contributed by atoms with van der Waals surface area (Å²) in [4.78, 5) is 3.99. The van der Waals surface area contributed by atoms with Crippen LogP contribution < -0.4 is 5.32 Å². The fourth-order valence-electron chi connectivity index (χ4n) is 2.12. The zero-order chi connectivity index (χ0) is 10.5. The van der Waals surface area contributed by atoms with Crippen molar-refractivity contribution in [2.24, 2.45) is 5.92 Å². The van der Waals surface area contributed by atoms with E-state index < -0.39 is 0 Å². The van der Waals surface area contributed by atoms with Gasteiger partial charge in [0, 0.05) is 24.3 Å². The second-order valence-corrected chi connectivity index (χ2v) is 4.75. The second-order valence-electron chi connectivity index (χ2n) is 4.19. The normalized spacial score (nSPS) is 25.7. The molecule has 1 saturated carbocycles. The van der Waals surface area contributed by atoms with E-state index in [1.54, 1.807) is 0 Å². The summed E-state index contributed by atoms with van der Waals surface area (Å²) in [6.45, 7) is 1.96. The minimum atomic E-state index is 0.384. The highest BCUT2D eigenvalue weighted by Crippen LogP contribution is 2.29. The van der Waals surface area contributed by atoms with Gasteiger partial charge in [-0.2, -0.15) is 0 Å². The second kappa shape index (κ2) is 5.47. The van der Waals surface area contributed by atoms with Crippen molar-refractivity contribution >= 4 is 11.6 Å². The Morgan fingerprint density at radius 3 is 2.80 bits per heavy atom. The molecule has 1 N–H and O–H groups in total. The van der Waals surface area contributed by atoms with Crippen LogP contribution in [0.1, 0.15) is 24.8 Å². The summed E-state index contributed by atoms with van der Waals surface area (Å²) in [6, 6.07) is 4.08. The third kappa shape index (κ3) is 3.18. The van der Waals surface area contributed by atoms with E-state index in [4.69, 9.17) is 11.6 Å². The first-order valence-corrected chi connectivity index (χ1v) is 6.03. The summed E-state index contributed by atoms with van der Waals surface area (Å²) in [5.41, 5.74) is 1.29. The van der Waals surface area contributed by atoms with Crippen molar-refractivity contribution in [3.05, 3.63) is 30.1 Å². The predicted molar refractivity (Wildman–Crippen MR) is 62.9 cm³/mol. The summed E-state index contributed by atoms with van der Waals surface area (Å²) in [6.07, 6.45) is 7.41. The Kier molecular flexibility index (Phi) is 3.98. The van der Waals surface area contributed by atoms with Crippen LogP contribution in [0.25, 0.3) is 0 Å². The molecular weight excluding hydrogens is 208 g/mol. The van der Waals surface area contributed by atoms with Crippen LogP contribution in [0.5, 0.6) is 0 Å². The van der Waals surface area contributed by atoms with Gasteiger partial charge in [-0.3, -0.25) is 4.98 Å². The van der Waals surface area contributed by atoms with Crippen LogP contribution in [-0.4, -0.2) is 16.9 Å². The highest BCUT2D eigenvalue weighted by molar-refractivity contribution is 6.20. The lowest BCUT2D eigenvalue weighted by Gasteiger charge is -2.14. The number of alkyl halides is 1. The summed E-state index contributed by atoms with van der Waals surface area (Å²) in [5.74, 6) is 0.661. The first-order valence-electron chi connectivity index (χ1n) is 5.60. The van der Waals surface area contributed by atoms with E-state index in [9.17, 15) is 0 Å². The van der Waals surface area contributed by atoms with Gasteiger partial charge in [0.05, 0.1) is 0 Å². The number of halogens is 1. The molecule has 82 valence electrons. The van der Waals surface area contributed by atoms with Crippen molar-refractivity contribution in [3.63, 3.8) is 0 Å². The molecule has 2 rings (SSSR count). The van der Waals surface area contributed by atoms with Crippen LogP contribution in [-0.2, 0) is 6.54 Å². The van der Waals surface area contributed by atoms with E-state index in [0.29, 0.717) is 11.3 Å². The van der Waals surface area contributed by atoms with Gasteiger partial charge in [-0.25, -0.2) is 0 Å². The van der Waals surface area contributed by atoms with Gasteiger partial charge >= 0.3 is 0 Å². The molecule has 0 spiro atoms. The van der Waals surface area contributed by atoms with Gasteiger partial charge in [0.15, 0.2) is 0 Å². The van der Waals surface area contributed by atoms with E-state index in [2.05, 4.69) is 10.3 Å². The Bertz CT molecular complexity index is 289. The monoisotopic (exact) mass is 224 g/mol. The van der Waals surface area contributed by atoms with Gasteiger partial charge in [-0.15, -0.1) is 11.6 Å². The van der Waals surface area contributed by atoms with Gasteiger partial charge in [-0.1, -0.05) is 6.42 Å². The molecule has 0 aromatic carbocycles. The van der Waals surface area contributed by atoms with Gasteiger partial charge < -0.3 is 5.32 Å². The molecule has 0 saturated heterocycles. The van der Waals surface area contributed by atoms with Crippen LogP contribution >= 0.6 is 11.6 Å². The average molecular weight is 225 g/mol. The Labute approximate surface area is 96.1 Å². The first-order chi connectivity index (χ1) is 7.36. The molecule has 0 amide bonds. The third-order valence-electron chi connectivity index (χ3n) is 3.05. The maximum atomic E-state index is 6.21. The largest absolute Gasteiger partial charge is 0.312 e. The molecule has 1 heterocycles. The van der Waals surface area contributed by atoms with Gasteiger partial charge in [0.1, 0.15) is 0 Å². The van der Waals surface area contributed by atoms with Crippen LogP contribution in [0.4, 0.5) is 0 Å². The van der Waals surface area contributed by atoms with Crippen molar-refractivity contribution in [1.29, 1.82) is 0 Å². The molecule has 2 atom stereocenters. The number of nitrogens with zero attached hydrogens (tertiary/aromatic N) is 1. The smallest absolute Gasteiger partial charge is 0.0376 e. The summed E-state index contributed by atoms with van der Waals surface area (Å²) < 4.78 is 0. The van der Waals surface area contributed by atoms with Gasteiger partial charge in [0.25, 0.3) is 0 Å². The lowest BCUT2D eigenvalue weighted by Crippen LogP contribution is -2.25. The van der Waals surface area contributed by atoms with Gasteiger partial charge in [-0.05, 0) is 43.0 Å². The highest BCUT2D eigenvalue weighted by Gasteiger charge is 2.24. The fraction of sp³-hybridized carbons (Fsp3) is 0.583. The number of aromatic nitrogens is 1. The number of hydrogen-bond donors (Lipinski definition) is 1. The van der Waals surface area contributed by atoms with Crippen LogP contribution in [0.3, 0.4) is 0 Å². The number of hydrogen-bond acceptors (Lipinski definition) is 2. The van der Waals surface area contributed by atoms with E-state index in [0.717, 1.165) is 13.1 Å². The lowest BCUT2D eigenvalue weighted by atomic mass is 10.1. The van der Waals surface area contributed by atoms with E-state index in [1.165, 1.54) is 24.8 Å². The lowest BCUT2D eigenvalue weighted by molar-refractivity contribution is 0.494. The van der Waals surface area contributed by atoms with Gasteiger partial charge in [0.2, 0.25) is 0 Å². The van der Waals surface area contributed by atoms with Crippen molar-refractivity contribution < 1.29 is 0 Å². The Morgan fingerprint density at radius 2 is 2.13 bits per heavy atom. The molecule has 0 radical (unpaired) electrons. The molecule has 3 heteroatoms. The number of rotatable bonds is 4. The molecular formula is C12H17ClN2.